The summed E-state index contributed by atoms with van der Waals surface area (Å²) in [7, 11) is -2.69. The van der Waals surface area contributed by atoms with Crippen LogP contribution in [0.4, 0.5) is 4.79 Å². The molecule has 0 spiro atoms. The minimum atomic E-state index is -4.28. The third-order valence-electron chi connectivity index (χ3n) is 14.9. The Hall–Kier alpha value is -8.65. The zero-order chi connectivity index (χ0) is 62.3. The molecular formula is C66H81N7O12S. The fourth-order valence-corrected chi connectivity index (χ4v) is 12.0. The molecule has 0 unspecified atom stereocenters. The number of amides is 4. The number of alkyl carbamates (subject to hydrolysis) is 1. The number of fused-ring (bicyclic) bond motifs is 3. The van der Waals surface area contributed by atoms with Crippen LogP contribution >= 0.6 is 0 Å². The van der Waals surface area contributed by atoms with E-state index in [1.165, 1.54) is 6.08 Å². The Bertz CT molecular complexity index is 3580. The van der Waals surface area contributed by atoms with Gasteiger partial charge in [-0.3, -0.25) is 19.8 Å². The van der Waals surface area contributed by atoms with Crippen LogP contribution in [0.3, 0.4) is 0 Å². The van der Waals surface area contributed by atoms with Crippen molar-refractivity contribution in [2.45, 2.75) is 148 Å². The van der Waals surface area contributed by atoms with Crippen LogP contribution in [0, 0.1) is 26.2 Å². The molecular weight excluding hydrogens is 1110 g/mol. The molecule has 3 atom stereocenters. The van der Waals surface area contributed by atoms with Crippen LogP contribution in [-0.4, -0.2) is 100 Å². The summed E-state index contributed by atoms with van der Waals surface area (Å²) in [5.41, 5.74) is 3.58. The molecule has 20 heteroatoms. The maximum absolute atomic E-state index is 14.7. The number of hydrogen-bond donors (Lipinski definition) is 7. The molecule has 6 aromatic carbocycles. The van der Waals surface area contributed by atoms with E-state index in [0.29, 0.717) is 65.2 Å². The van der Waals surface area contributed by atoms with E-state index in [9.17, 15) is 32.4 Å². The van der Waals surface area contributed by atoms with Crippen molar-refractivity contribution < 1.29 is 56.1 Å². The maximum Gasteiger partial charge on any atom is 0.407 e. The zero-order valence-corrected chi connectivity index (χ0v) is 51.4. The first-order valence-corrected chi connectivity index (χ1v) is 30.4. The van der Waals surface area contributed by atoms with Crippen molar-refractivity contribution in [3.8, 4) is 28.4 Å². The highest BCUT2D eigenvalue weighted by Gasteiger charge is 2.35. The Morgan fingerprint density at radius 3 is 1.94 bits per heavy atom. The Kier molecular flexibility index (Phi) is 21.9. The van der Waals surface area contributed by atoms with Gasteiger partial charge in [0.05, 0.1) is 12.0 Å². The molecule has 4 amide bonds. The van der Waals surface area contributed by atoms with E-state index < -0.39 is 81.7 Å². The van der Waals surface area contributed by atoms with Gasteiger partial charge in [-0.25, -0.2) is 22.7 Å². The molecule has 1 heterocycles. The SMILES string of the molecule is C=CC[C@H](NC(=O)[C@@H](CCCNC(=N)NS(=O)(=O)c1c(C)c(C)c2c(c1C)CCC(C)(C)O2)NC(=O)[C@@H](CCCCNC(=O)OC(C)(C)C)NC(=O)COc1ccc2ccccc2c1-c1c(OC)ccc2ccccc12)C(=O)OCc1ccccc1. The highest BCUT2D eigenvalue weighted by atomic mass is 32.2. The number of guanidine groups is 1. The predicted octanol–water partition coefficient (Wildman–Crippen LogP) is 9.83. The molecule has 19 nitrogen and oxygen atoms in total. The molecule has 86 heavy (non-hydrogen) atoms. The molecule has 0 saturated carbocycles. The van der Waals surface area contributed by atoms with Crippen LogP contribution in [0.25, 0.3) is 32.7 Å². The summed E-state index contributed by atoms with van der Waals surface area (Å²) in [6.45, 7) is 17.8. The second kappa shape index (κ2) is 29.0. The number of ether oxygens (including phenoxy) is 5. The lowest BCUT2D eigenvalue weighted by molar-refractivity contribution is -0.149. The van der Waals surface area contributed by atoms with Gasteiger partial charge >= 0.3 is 12.1 Å². The highest BCUT2D eigenvalue weighted by Crippen LogP contribution is 2.46. The van der Waals surface area contributed by atoms with Crippen molar-refractivity contribution in [1.82, 2.24) is 31.3 Å². The van der Waals surface area contributed by atoms with E-state index in [1.807, 2.05) is 93.6 Å². The molecule has 458 valence electrons. The molecule has 1 aliphatic rings. The third-order valence-corrected chi connectivity index (χ3v) is 16.5. The second-order valence-corrected chi connectivity index (χ2v) is 24.6. The summed E-state index contributed by atoms with van der Waals surface area (Å²) in [6.07, 6.45) is 2.87. The number of sulfonamides is 1. The molecule has 0 fully saturated rings. The minimum absolute atomic E-state index is 0.0190. The highest BCUT2D eigenvalue weighted by molar-refractivity contribution is 7.90. The summed E-state index contributed by atoms with van der Waals surface area (Å²) in [6, 6.07) is 28.4. The van der Waals surface area contributed by atoms with Gasteiger partial charge in [0, 0.05) is 24.2 Å². The van der Waals surface area contributed by atoms with Gasteiger partial charge in [0.15, 0.2) is 6.61 Å². The van der Waals surface area contributed by atoms with E-state index in [0.717, 1.165) is 38.2 Å². The van der Waals surface area contributed by atoms with Crippen molar-refractivity contribution >= 4 is 67.3 Å². The molecule has 7 N–H and O–H groups in total. The standard InChI is InChI=1S/C66H81N7O12S/c1-11-22-52(62(77)83-39-44-23-13-12-14-24-44)72-61(76)51(30-21-38-68-63(67)73-86(79,80)59-42(3)41(2)58-47(43(59)4)35-36-66(8,9)84-58)71-60(75)50(29-19-20-37-69-64(78)85-65(5,6)7)70-55(74)40-82-54-34-32-46-26-16-18-28-49(46)57(54)56-48-27-17-15-25-45(48)31-33-53(56)81-10/h11-18,23-28,31-34,50-52H,1,19-22,29-30,35-40H2,2-10H3,(H,69,78)(H,70,74)(H,71,75)(H,72,76)(H3,67,68,73)/t50-,51-,52+/m1/s1. The van der Waals surface area contributed by atoms with Gasteiger partial charge in [-0.15, -0.1) is 6.58 Å². The first-order valence-electron chi connectivity index (χ1n) is 29.0. The van der Waals surface area contributed by atoms with E-state index in [1.54, 1.807) is 72.1 Å². The molecule has 1 aliphatic heterocycles. The van der Waals surface area contributed by atoms with Crippen LogP contribution < -0.4 is 45.5 Å². The molecule has 0 aliphatic carbocycles. The minimum Gasteiger partial charge on any atom is -0.496 e. The second-order valence-electron chi connectivity index (χ2n) is 23.0. The number of benzene rings is 6. The Morgan fingerprint density at radius 2 is 1.30 bits per heavy atom. The predicted molar refractivity (Wildman–Crippen MR) is 333 cm³/mol. The number of nitrogens with one attached hydrogen (secondary N) is 7. The fourth-order valence-electron chi connectivity index (χ4n) is 10.5. The summed E-state index contributed by atoms with van der Waals surface area (Å²) >= 11 is 0. The maximum atomic E-state index is 14.7. The fraction of sp³-hybridized carbons (Fsp3) is 0.394. The number of esters is 1. The number of hydrogen-bond acceptors (Lipinski definition) is 13. The number of carbonyl (C=O) groups excluding carboxylic acids is 5. The first-order chi connectivity index (χ1) is 40.9. The molecule has 6 aromatic rings. The lowest BCUT2D eigenvalue weighted by atomic mass is 9.88. The van der Waals surface area contributed by atoms with Crippen molar-refractivity contribution in [3.63, 3.8) is 0 Å². The summed E-state index contributed by atoms with van der Waals surface area (Å²) < 4.78 is 60.0. The average Bonchev–Trinajstić information content (AvgIpc) is 0.866. The Balaban J connectivity index is 1.11. The quantitative estimate of drug-likeness (QED) is 0.00878. The summed E-state index contributed by atoms with van der Waals surface area (Å²) in [5, 5.41) is 26.2. The molecule has 0 aromatic heterocycles. The van der Waals surface area contributed by atoms with E-state index in [-0.39, 0.29) is 50.3 Å². The van der Waals surface area contributed by atoms with Crippen LogP contribution in [0.15, 0.2) is 121 Å². The number of unbranched alkanes of at least 4 members (excludes halogenated alkanes) is 1. The number of rotatable bonds is 26. The topological polar surface area (TPSA) is 262 Å². The van der Waals surface area contributed by atoms with Gasteiger partial charge in [-0.2, -0.15) is 0 Å². The lowest BCUT2D eigenvalue weighted by Crippen LogP contribution is -2.56. The normalized spacial score (nSPS) is 13.8. The monoisotopic (exact) mass is 1200 g/mol. The van der Waals surface area contributed by atoms with E-state index in [2.05, 4.69) is 37.9 Å². The first kappa shape index (κ1) is 64.9. The average molecular weight is 1200 g/mol. The molecule has 7 rings (SSSR count). The van der Waals surface area contributed by atoms with Crippen LogP contribution in [0.1, 0.15) is 107 Å². The zero-order valence-electron chi connectivity index (χ0n) is 50.6. The number of methoxy groups -OCH3 is 1. The van der Waals surface area contributed by atoms with E-state index in [4.69, 9.17) is 29.1 Å². The van der Waals surface area contributed by atoms with Gasteiger partial charge in [0.2, 0.25) is 17.8 Å². The Labute approximate surface area is 504 Å². The van der Waals surface area contributed by atoms with E-state index >= 15 is 0 Å². The van der Waals surface area contributed by atoms with Gasteiger partial charge in [-0.05, 0) is 168 Å². The van der Waals surface area contributed by atoms with Gasteiger partial charge < -0.3 is 50.3 Å². The largest absolute Gasteiger partial charge is 0.496 e. The van der Waals surface area contributed by atoms with Crippen molar-refractivity contribution in [3.05, 3.63) is 144 Å². The molecule has 0 radical (unpaired) electrons. The van der Waals surface area contributed by atoms with Crippen LogP contribution in [0.5, 0.6) is 17.2 Å². The summed E-state index contributed by atoms with van der Waals surface area (Å²) in [4.78, 5) is 69.6. The number of carbonyl (C=O) groups is 5. The van der Waals surface area contributed by atoms with Crippen LogP contribution in [0.2, 0.25) is 0 Å². The van der Waals surface area contributed by atoms with Gasteiger partial charge in [-0.1, -0.05) is 97.1 Å². The van der Waals surface area contributed by atoms with Crippen LogP contribution in [-0.2, 0) is 51.7 Å². The third kappa shape index (κ3) is 17.0. The van der Waals surface area contributed by atoms with Crippen molar-refractivity contribution in [1.29, 1.82) is 5.41 Å². The lowest BCUT2D eigenvalue weighted by Gasteiger charge is -2.35. The smallest absolute Gasteiger partial charge is 0.407 e. The molecule has 0 bridgehead atoms. The van der Waals surface area contributed by atoms with Crippen molar-refractivity contribution in [2.24, 2.45) is 0 Å². The Morgan fingerprint density at radius 1 is 0.721 bits per heavy atom. The van der Waals surface area contributed by atoms with Gasteiger partial charge in [0.1, 0.15) is 53.2 Å². The van der Waals surface area contributed by atoms with Gasteiger partial charge in [0.25, 0.3) is 15.9 Å². The molecule has 0 saturated heterocycles. The summed E-state index contributed by atoms with van der Waals surface area (Å²) in [5.74, 6) is -1.79. The van der Waals surface area contributed by atoms with Crippen molar-refractivity contribution in [2.75, 3.05) is 26.8 Å².